The van der Waals surface area contributed by atoms with Crippen LogP contribution in [-0.2, 0) is 4.79 Å². The molecule has 1 rings (SSSR count). The minimum atomic E-state index is -0.681. The van der Waals surface area contributed by atoms with E-state index in [2.05, 4.69) is 6.08 Å². The molecule has 0 saturated carbocycles. The second-order valence-corrected chi connectivity index (χ2v) is 2.82. The summed E-state index contributed by atoms with van der Waals surface area (Å²) in [4.78, 5) is 10.3. The lowest BCUT2D eigenvalue weighted by atomic mass is 9.99. The molecule has 1 aliphatic carbocycles. The third kappa shape index (κ3) is 1.59. The second kappa shape index (κ2) is 2.86. The van der Waals surface area contributed by atoms with E-state index in [1.807, 2.05) is 6.92 Å². The average Bonchev–Trinajstić information content (AvgIpc) is 2.15. The van der Waals surface area contributed by atoms with E-state index in [-0.39, 0.29) is 0 Å². The first-order chi connectivity index (χ1) is 4.70. The number of carboxylic acid groups (broad SMARTS) is 1. The SMILES string of the molecule is CC1=CCCC1CC(=O)O. The van der Waals surface area contributed by atoms with E-state index in [1.165, 1.54) is 5.57 Å². The number of aliphatic carboxylic acids is 1. The maximum atomic E-state index is 10.3. The van der Waals surface area contributed by atoms with Gasteiger partial charge in [0.15, 0.2) is 0 Å². The molecule has 0 aromatic carbocycles. The Morgan fingerprint density at radius 1 is 1.90 bits per heavy atom. The van der Waals surface area contributed by atoms with E-state index < -0.39 is 5.97 Å². The van der Waals surface area contributed by atoms with Crippen molar-refractivity contribution in [1.82, 2.24) is 0 Å². The average molecular weight is 140 g/mol. The maximum absolute atomic E-state index is 10.3. The van der Waals surface area contributed by atoms with Gasteiger partial charge in [0.05, 0.1) is 6.42 Å². The summed E-state index contributed by atoms with van der Waals surface area (Å²) in [5.41, 5.74) is 1.25. The Labute approximate surface area is 60.6 Å². The van der Waals surface area contributed by atoms with Gasteiger partial charge >= 0.3 is 5.97 Å². The van der Waals surface area contributed by atoms with E-state index in [0.717, 1.165) is 12.8 Å². The van der Waals surface area contributed by atoms with Crippen LogP contribution in [0.25, 0.3) is 0 Å². The molecule has 0 aliphatic heterocycles. The number of hydrogen-bond donors (Lipinski definition) is 1. The van der Waals surface area contributed by atoms with E-state index in [0.29, 0.717) is 12.3 Å². The van der Waals surface area contributed by atoms with Crippen LogP contribution >= 0.6 is 0 Å². The lowest BCUT2D eigenvalue weighted by molar-refractivity contribution is -0.137. The van der Waals surface area contributed by atoms with Crippen LogP contribution < -0.4 is 0 Å². The maximum Gasteiger partial charge on any atom is 0.303 e. The topological polar surface area (TPSA) is 37.3 Å². The van der Waals surface area contributed by atoms with Crippen LogP contribution in [0.3, 0.4) is 0 Å². The molecule has 0 spiro atoms. The Morgan fingerprint density at radius 3 is 3.00 bits per heavy atom. The van der Waals surface area contributed by atoms with Crippen molar-refractivity contribution in [3.8, 4) is 0 Å². The van der Waals surface area contributed by atoms with Gasteiger partial charge in [0.1, 0.15) is 0 Å². The molecule has 2 nitrogen and oxygen atoms in total. The van der Waals surface area contributed by atoms with Gasteiger partial charge in [0, 0.05) is 0 Å². The number of carboxylic acids is 1. The molecule has 0 radical (unpaired) electrons. The predicted octanol–water partition coefficient (Wildman–Crippen LogP) is 1.82. The van der Waals surface area contributed by atoms with Gasteiger partial charge in [0.25, 0.3) is 0 Å². The van der Waals surface area contributed by atoms with Crippen LogP contribution in [0.15, 0.2) is 11.6 Å². The van der Waals surface area contributed by atoms with E-state index in [9.17, 15) is 4.79 Å². The molecule has 10 heavy (non-hydrogen) atoms. The van der Waals surface area contributed by atoms with Crippen LogP contribution in [-0.4, -0.2) is 11.1 Å². The molecule has 0 aromatic rings. The molecule has 0 saturated heterocycles. The first-order valence-electron chi connectivity index (χ1n) is 3.58. The van der Waals surface area contributed by atoms with Gasteiger partial charge in [0.2, 0.25) is 0 Å². The zero-order valence-corrected chi connectivity index (χ0v) is 6.13. The largest absolute Gasteiger partial charge is 0.481 e. The lowest BCUT2D eigenvalue weighted by Crippen LogP contribution is -2.05. The van der Waals surface area contributed by atoms with Gasteiger partial charge < -0.3 is 5.11 Å². The lowest BCUT2D eigenvalue weighted by Gasteiger charge is -2.06. The highest BCUT2D eigenvalue weighted by molar-refractivity contribution is 5.67. The van der Waals surface area contributed by atoms with Gasteiger partial charge in [-0.25, -0.2) is 0 Å². The fraction of sp³-hybridized carbons (Fsp3) is 0.625. The number of hydrogen-bond acceptors (Lipinski definition) is 1. The number of allylic oxidation sites excluding steroid dienone is 2. The number of carbonyl (C=O) groups is 1. The standard InChI is InChI=1S/C8H12O2/c1-6-3-2-4-7(6)5-8(9)10/h3,7H,2,4-5H2,1H3,(H,9,10). The Balaban J connectivity index is 2.43. The molecule has 2 heteroatoms. The summed E-state index contributed by atoms with van der Waals surface area (Å²) in [6, 6.07) is 0. The summed E-state index contributed by atoms with van der Waals surface area (Å²) in [5.74, 6) is -0.364. The highest BCUT2D eigenvalue weighted by atomic mass is 16.4. The van der Waals surface area contributed by atoms with Gasteiger partial charge in [-0.1, -0.05) is 11.6 Å². The normalized spacial score (nSPS) is 24.5. The molecule has 1 unspecified atom stereocenters. The summed E-state index contributed by atoms with van der Waals surface area (Å²) >= 11 is 0. The van der Waals surface area contributed by atoms with Crippen LogP contribution in [0.5, 0.6) is 0 Å². The first kappa shape index (κ1) is 7.32. The van der Waals surface area contributed by atoms with Crippen molar-refractivity contribution >= 4 is 5.97 Å². The molecule has 1 N–H and O–H groups in total. The molecular formula is C8H12O2. The molecule has 0 amide bonds. The third-order valence-electron chi connectivity index (χ3n) is 2.05. The Morgan fingerprint density at radius 2 is 2.60 bits per heavy atom. The summed E-state index contributed by atoms with van der Waals surface area (Å²) < 4.78 is 0. The van der Waals surface area contributed by atoms with Crippen molar-refractivity contribution in [1.29, 1.82) is 0 Å². The summed E-state index contributed by atoms with van der Waals surface area (Å²) in [5, 5.41) is 8.46. The second-order valence-electron chi connectivity index (χ2n) is 2.82. The predicted molar refractivity (Wildman–Crippen MR) is 38.7 cm³/mol. The van der Waals surface area contributed by atoms with E-state index >= 15 is 0 Å². The van der Waals surface area contributed by atoms with Crippen molar-refractivity contribution < 1.29 is 9.90 Å². The van der Waals surface area contributed by atoms with Crippen LogP contribution in [0.2, 0.25) is 0 Å². The molecule has 0 aromatic heterocycles. The first-order valence-corrected chi connectivity index (χ1v) is 3.58. The van der Waals surface area contributed by atoms with Crippen molar-refractivity contribution in [2.75, 3.05) is 0 Å². The highest BCUT2D eigenvalue weighted by Crippen LogP contribution is 2.27. The molecule has 1 atom stereocenters. The molecule has 0 fully saturated rings. The third-order valence-corrected chi connectivity index (χ3v) is 2.05. The summed E-state index contributed by atoms with van der Waals surface area (Å²) in [6.45, 7) is 2.01. The number of rotatable bonds is 2. The fourth-order valence-corrected chi connectivity index (χ4v) is 1.38. The summed E-state index contributed by atoms with van der Waals surface area (Å²) in [6.07, 6.45) is 4.53. The fourth-order valence-electron chi connectivity index (χ4n) is 1.38. The van der Waals surface area contributed by atoms with E-state index in [4.69, 9.17) is 5.11 Å². The Bertz CT molecular complexity index is 170. The van der Waals surface area contributed by atoms with Crippen molar-refractivity contribution in [2.45, 2.75) is 26.2 Å². The van der Waals surface area contributed by atoms with Gasteiger partial charge in [-0.05, 0) is 25.7 Å². The quantitative estimate of drug-likeness (QED) is 0.594. The minimum Gasteiger partial charge on any atom is -0.481 e. The van der Waals surface area contributed by atoms with Crippen molar-refractivity contribution in [3.63, 3.8) is 0 Å². The van der Waals surface area contributed by atoms with Crippen LogP contribution in [0, 0.1) is 5.92 Å². The molecule has 1 aliphatic rings. The zero-order chi connectivity index (χ0) is 7.56. The zero-order valence-electron chi connectivity index (χ0n) is 6.13. The van der Waals surface area contributed by atoms with Gasteiger partial charge in [-0.15, -0.1) is 0 Å². The molecule has 56 valence electrons. The molecular weight excluding hydrogens is 128 g/mol. The smallest absolute Gasteiger partial charge is 0.303 e. The monoisotopic (exact) mass is 140 g/mol. The van der Waals surface area contributed by atoms with Crippen LogP contribution in [0.4, 0.5) is 0 Å². The van der Waals surface area contributed by atoms with Crippen LogP contribution in [0.1, 0.15) is 26.2 Å². The van der Waals surface area contributed by atoms with Gasteiger partial charge in [-0.3, -0.25) is 4.79 Å². The van der Waals surface area contributed by atoms with Crippen molar-refractivity contribution in [3.05, 3.63) is 11.6 Å². The van der Waals surface area contributed by atoms with E-state index in [1.54, 1.807) is 0 Å². The highest BCUT2D eigenvalue weighted by Gasteiger charge is 2.17. The van der Waals surface area contributed by atoms with Gasteiger partial charge in [-0.2, -0.15) is 0 Å². The Hall–Kier alpha value is -0.790. The Kier molecular flexibility index (Phi) is 2.10. The molecule has 0 bridgehead atoms. The van der Waals surface area contributed by atoms with Crippen molar-refractivity contribution in [2.24, 2.45) is 5.92 Å². The molecule has 0 heterocycles. The summed E-state index contributed by atoms with van der Waals surface area (Å²) in [7, 11) is 0. The minimum absolute atomic E-state index is 0.308.